The SMILES string of the molecule is CCCCC1CCN(C(C)C(=O)O[C@@H](Cc2cc(F)cc(F)c2)[C@H](O)C2Cc3ccccc3CN2Cc2ccc(OC)cc2)C1=O. The Bertz CT molecular complexity index is 1480. The topological polar surface area (TPSA) is 79.3 Å². The standard InChI is InChI=1S/C37H44F2N2O5/c1-4-5-8-27-15-16-41(36(27)43)24(2)37(44)46-34(19-26-17-30(38)21-31(39)18-26)35(42)33-20-28-9-6-7-10-29(28)23-40(33)22-25-11-13-32(45-3)14-12-25/h6-7,9-14,17-18,21,24,27,33-35,42H,4-5,8,15-16,19-20,22-23H2,1-3H3/t24?,27?,33?,34-,35+/m0/s1. The molecule has 1 fully saturated rings. The summed E-state index contributed by atoms with van der Waals surface area (Å²) in [7, 11) is 1.61. The molecular formula is C37H44F2N2O5. The van der Waals surface area contributed by atoms with Crippen molar-refractivity contribution >= 4 is 11.9 Å². The fourth-order valence-electron chi connectivity index (χ4n) is 6.76. The average Bonchev–Trinajstić information content (AvgIpc) is 3.41. The molecule has 5 atom stereocenters. The quantitative estimate of drug-likeness (QED) is 0.238. The number of aliphatic hydroxyl groups is 1. The molecule has 9 heteroatoms. The monoisotopic (exact) mass is 634 g/mol. The molecule has 2 aliphatic heterocycles. The molecule has 1 saturated heterocycles. The molecule has 0 saturated carbocycles. The Balaban J connectivity index is 1.41. The number of amides is 1. The molecule has 5 rings (SSSR count). The smallest absolute Gasteiger partial charge is 0.328 e. The van der Waals surface area contributed by atoms with Gasteiger partial charge in [-0.2, -0.15) is 0 Å². The lowest BCUT2D eigenvalue weighted by Crippen LogP contribution is -2.54. The number of fused-ring (bicyclic) bond motifs is 1. The first-order valence-corrected chi connectivity index (χ1v) is 16.2. The fraction of sp³-hybridized carbons (Fsp3) is 0.459. The Hall–Kier alpha value is -3.82. The van der Waals surface area contributed by atoms with Gasteiger partial charge in [-0.25, -0.2) is 13.6 Å². The van der Waals surface area contributed by atoms with Crippen molar-refractivity contribution in [3.63, 3.8) is 0 Å². The lowest BCUT2D eigenvalue weighted by molar-refractivity contribution is -0.166. The number of methoxy groups -OCH3 is 1. The Morgan fingerprint density at radius 2 is 1.72 bits per heavy atom. The zero-order valence-corrected chi connectivity index (χ0v) is 26.8. The molecule has 1 amide bonds. The van der Waals surface area contributed by atoms with Crippen LogP contribution in [-0.2, 0) is 40.3 Å². The minimum Gasteiger partial charge on any atom is -0.497 e. The minimum absolute atomic E-state index is 0.0586. The van der Waals surface area contributed by atoms with E-state index < -0.39 is 41.9 Å². The predicted octanol–water partition coefficient (Wildman–Crippen LogP) is 5.84. The third-order valence-corrected chi connectivity index (χ3v) is 9.40. The molecule has 2 aliphatic rings. The Morgan fingerprint density at radius 1 is 1.02 bits per heavy atom. The molecule has 0 aromatic heterocycles. The van der Waals surface area contributed by atoms with Crippen LogP contribution in [0, 0.1) is 17.6 Å². The van der Waals surface area contributed by atoms with E-state index in [1.54, 1.807) is 18.9 Å². The van der Waals surface area contributed by atoms with Crippen LogP contribution in [0.4, 0.5) is 8.78 Å². The molecule has 2 heterocycles. The molecule has 0 aliphatic carbocycles. The summed E-state index contributed by atoms with van der Waals surface area (Å²) in [6.45, 7) is 5.24. The van der Waals surface area contributed by atoms with E-state index in [0.717, 1.165) is 47.8 Å². The molecule has 0 radical (unpaired) electrons. The molecular weight excluding hydrogens is 590 g/mol. The fourth-order valence-corrected chi connectivity index (χ4v) is 6.76. The van der Waals surface area contributed by atoms with Crippen LogP contribution in [0.2, 0.25) is 0 Å². The van der Waals surface area contributed by atoms with Gasteiger partial charge in [0.25, 0.3) is 0 Å². The van der Waals surface area contributed by atoms with E-state index in [9.17, 15) is 23.5 Å². The second-order valence-electron chi connectivity index (χ2n) is 12.6. The number of unbranched alkanes of at least 4 members (excludes halogenated alkanes) is 1. The lowest BCUT2D eigenvalue weighted by Gasteiger charge is -2.42. The molecule has 0 spiro atoms. The Morgan fingerprint density at radius 3 is 2.39 bits per heavy atom. The number of nitrogens with zero attached hydrogens (tertiary/aromatic N) is 2. The first-order valence-electron chi connectivity index (χ1n) is 16.2. The van der Waals surface area contributed by atoms with Crippen LogP contribution in [-0.4, -0.2) is 64.7 Å². The van der Waals surface area contributed by atoms with E-state index in [-0.39, 0.29) is 23.8 Å². The molecule has 0 bridgehead atoms. The van der Waals surface area contributed by atoms with Crippen LogP contribution in [0.25, 0.3) is 0 Å². The second-order valence-corrected chi connectivity index (χ2v) is 12.6. The molecule has 7 nitrogen and oxygen atoms in total. The van der Waals surface area contributed by atoms with E-state index in [4.69, 9.17) is 9.47 Å². The van der Waals surface area contributed by atoms with Gasteiger partial charge in [0.1, 0.15) is 35.6 Å². The second kappa shape index (κ2) is 15.2. The van der Waals surface area contributed by atoms with Crippen molar-refractivity contribution < 1.29 is 33.0 Å². The van der Waals surface area contributed by atoms with Gasteiger partial charge in [-0.15, -0.1) is 0 Å². The number of benzene rings is 3. The lowest BCUT2D eigenvalue weighted by atomic mass is 9.87. The van der Waals surface area contributed by atoms with Gasteiger partial charge < -0.3 is 19.5 Å². The largest absolute Gasteiger partial charge is 0.497 e. The average molecular weight is 635 g/mol. The van der Waals surface area contributed by atoms with Gasteiger partial charge in [-0.1, -0.05) is 56.2 Å². The van der Waals surface area contributed by atoms with Gasteiger partial charge >= 0.3 is 5.97 Å². The molecule has 46 heavy (non-hydrogen) atoms. The number of ether oxygens (including phenoxy) is 2. The van der Waals surface area contributed by atoms with Crippen molar-refractivity contribution in [3.05, 3.63) is 101 Å². The van der Waals surface area contributed by atoms with E-state index in [0.29, 0.717) is 32.5 Å². The van der Waals surface area contributed by atoms with E-state index in [1.807, 2.05) is 42.5 Å². The normalized spacial score (nSPS) is 20.2. The highest BCUT2D eigenvalue weighted by Gasteiger charge is 2.41. The number of esters is 1. The molecule has 1 N–H and O–H groups in total. The third kappa shape index (κ3) is 7.93. The van der Waals surface area contributed by atoms with Gasteiger partial charge in [0, 0.05) is 44.1 Å². The number of hydrogen-bond donors (Lipinski definition) is 1. The number of halogens is 2. The zero-order valence-electron chi connectivity index (χ0n) is 26.8. The summed E-state index contributed by atoms with van der Waals surface area (Å²) in [6, 6.07) is 17.6. The molecule has 3 unspecified atom stereocenters. The zero-order chi connectivity index (χ0) is 32.8. The highest BCUT2D eigenvalue weighted by atomic mass is 19.1. The van der Waals surface area contributed by atoms with Crippen molar-refractivity contribution in [1.82, 2.24) is 9.80 Å². The maximum atomic E-state index is 14.2. The van der Waals surface area contributed by atoms with Gasteiger partial charge in [-0.05, 0) is 72.7 Å². The summed E-state index contributed by atoms with van der Waals surface area (Å²) in [5, 5.41) is 12.1. The minimum atomic E-state index is -1.21. The Kier molecular flexibility index (Phi) is 11.1. The number of likely N-dealkylation sites (tertiary alicyclic amines) is 1. The van der Waals surface area contributed by atoms with E-state index >= 15 is 0 Å². The number of carbonyl (C=O) groups excluding carboxylic acids is 2. The van der Waals surface area contributed by atoms with Crippen LogP contribution in [0.1, 0.15) is 61.8 Å². The number of hydrogen-bond acceptors (Lipinski definition) is 6. The van der Waals surface area contributed by atoms with Crippen LogP contribution < -0.4 is 4.74 Å². The van der Waals surface area contributed by atoms with Gasteiger partial charge in [0.15, 0.2) is 0 Å². The number of carbonyl (C=O) groups is 2. The van der Waals surface area contributed by atoms with Crippen LogP contribution in [0.15, 0.2) is 66.7 Å². The van der Waals surface area contributed by atoms with Gasteiger partial charge in [0.2, 0.25) is 5.91 Å². The summed E-state index contributed by atoms with van der Waals surface area (Å²) < 4.78 is 39.8. The molecule has 3 aromatic rings. The first-order chi connectivity index (χ1) is 22.2. The van der Waals surface area contributed by atoms with E-state index in [2.05, 4.69) is 17.9 Å². The number of rotatable bonds is 13. The van der Waals surface area contributed by atoms with E-state index in [1.165, 1.54) is 12.1 Å². The maximum absolute atomic E-state index is 14.2. The van der Waals surface area contributed by atoms with Crippen molar-refractivity contribution in [3.8, 4) is 5.75 Å². The molecule has 3 aromatic carbocycles. The van der Waals surface area contributed by atoms with Crippen molar-refractivity contribution in [1.29, 1.82) is 0 Å². The van der Waals surface area contributed by atoms with Crippen molar-refractivity contribution in [2.24, 2.45) is 5.92 Å². The first kappa shape index (κ1) is 33.5. The summed E-state index contributed by atoms with van der Waals surface area (Å²) in [5.74, 6) is -1.59. The van der Waals surface area contributed by atoms with Crippen LogP contribution in [0.3, 0.4) is 0 Å². The predicted molar refractivity (Wildman–Crippen MR) is 171 cm³/mol. The highest BCUT2D eigenvalue weighted by Crippen LogP contribution is 2.31. The van der Waals surface area contributed by atoms with Crippen molar-refractivity contribution in [2.75, 3.05) is 13.7 Å². The Labute approximate surface area is 270 Å². The van der Waals surface area contributed by atoms with Gasteiger partial charge in [0.05, 0.1) is 7.11 Å². The summed E-state index contributed by atoms with van der Waals surface area (Å²) in [4.78, 5) is 30.5. The van der Waals surface area contributed by atoms with Crippen LogP contribution >= 0.6 is 0 Å². The molecule has 246 valence electrons. The van der Waals surface area contributed by atoms with Crippen LogP contribution in [0.5, 0.6) is 5.75 Å². The maximum Gasteiger partial charge on any atom is 0.328 e. The van der Waals surface area contributed by atoms with Gasteiger partial charge in [-0.3, -0.25) is 9.69 Å². The highest BCUT2D eigenvalue weighted by molar-refractivity contribution is 5.87. The van der Waals surface area contributed by atoms with Crippen molar-refractivity contribution in [2.45, 2.75) is 89.8 Å². The summed E-state index contributed by atoms with van der Waals surface area (Å²) >= 11 is 0. The number of aliphatic hydroxyl groups excluding tert-OH is 1. The third-order valence-electron chi connectivity index (χ3n) is 9.40. The summed E-state index contributed by atoms with van der Waals surface area (Å²) in [6.07, 6.45) is 1.45. The summed E-state index contributed by atoms with van der Waals surface area (Å²) in [5.41, 5.74) is 3.49.